The normalized spacial score (nSPS) is 11.1. The number of nitrogens with one attached hydrogen (secondary N) is 1. The molecule has 0 aliphatic heterocycles. The first-order valence-corrected chi connectivity index (χ1v) is 8.73. The number of hydrogen-bond acceptors (Lipinski definition) is 3. The summed E-state index contributed by atoms with van der Waals surface area (Å²) in [6, 6.07) is 10.1. The van der Waals surface area contributed by atoms with Crippen LogP contribution in [0.25, 0.3) is 16.7 Å². The lowest BCUT2D eigenvalue weighted by atomic mass is 10.1. The molecule has 0 saturated carbocycles. The maximum atomic E-state index is 13.9. The molecule has 2 heterocycles. The minimum absolute atomic E-state index is 0.224. The maximum absolute atomic E-state index is 13.9. The fourth-order valence-electron chi connectivity index (χ4n) is 3.14. The number of carbonyl (C=O) groups is 1. The zero-order valence-electron chi connectivity index (χ0n) is 15.5. The highest BCUT2D eigenvalue weighted by Crippen LogP contribution is 2.26. The first-order valence-electron chi connectivity index (χ1n) is 8.73. The summed E-state index contributed by atoms with van der Waals surface area (Å²) in [6.07, 6.45) is 0. The molecule has 146 valence electrons. The number of aryl methyl sites for hydroxylation is 2. The van der Waals surface area contributed by atoms with Gasteiger partial charge < -0.3 is 5.32 Å². The molecule has 0 aliphatic rings. The summed E-state index contributed by atoms with van der Waals surface area (Å²) < 4.78 is 42.1. The van der Waals surface area contributed by atoms with E-state index in [0.29, 0.717) is 28.1 Å². The Bertz CT molecular complexity index is 1250. The zero-order chi connectivity index (χ0) is 20.7. The van der Waals surface area contributed by atoms with E-state index in [0.717, 1.165) is 18.2 Å². The van der Waals surface area contributed by atoms with Crippen LogP contribution in [0.15, 0.2) is 48.5 Å². The van der Waals surface area contributed by atoms with Crippen molar-refractivity contribution < 1.29 is 18.0 Å². The third-order valence-corrected chi connectivity index (χ3v) is 4.43. The fourth-order valence-corrected chi connectivity index (χ4v) is 3.14. The molecule has 4 rings (SSSR count). The van der Waals surface area contributed by atoms with E-state index in [1.807, 2.05) is 0 Å². The number of nitrogens with zero attached hydrogens (tertiary/aromatic N) is 3. The second-order valence-corrected chi connectivity index (χ2v) is 6.56. The highest BCUT2D eigenvalue weighted by Gasteiger charge is 2.20. The van der Waals surface area contributed by atoms with Crippen molar-refractivity contribution in [2.75, 3.05) is 5.32 Å². The van der Waals surface area contributed by atoms with Crippen LogP contribution in [0, 0.1) is 31.3 Å². The number of anilines is 1. The number of halogens is 3. The topological polar surface area (TPSA) is 59.8 Å². The van der Waals surface area contributed by atoms with Gasteiger partial charge in [0.05, 0.1) is 28.0 Å². The van der Waals surface area contributed by atoms with Gasteiger partial charge in [-0.1, -0.05) is 0 Å². The Hall–Kier alpha value is -3.68. The molecular weight excluding hydrogens is 381 g/mol. The van der Waals surface area contributed by atoms with Gasteiger partial charge in [0, 0.05) is 11.8 Å². The third-order valence-electron chi connectivity index (χ3n) is 4.43. The van der Waals surface area contributed by atoms with E-state index < -0.39 is 17.5 Å². The molecule has 1 N–H and O–H groups in total. The summed E-state index contributed by atoms with van der Waals surface area (Å²) >= 11 is 0. The van der Waals surface area contributed by atoms with E-state index in [1.165, 1.54) is 16.8 Å². The van der Waals surface area contributed by atoms with Gasteiger partial charge >= 0.3 is 0 Å². The summed E-state index contributed by atoms with van der Waals surface area (Å²) in [5, 5.41) is 7.30. The van der Waals surface area contributed by atoms with Crippen LogP contribution in [-0.2, 0) is 0 Å². The van der Waals surface area contributed by atoms with E-state index >= 15 is 0 Å². The van der Waals surface area contributed by atoms with Crippen LogP contribution >= 0.6 is 0 Å². The molecule has 0 fully saturated rings. The van der Waals surface area contributed by atoms with Crippen molar-refractivity contribution in [1.82, 2.24) is 14.8 Å². The molecule has 4 aromatic rings. The number of carbonyl (C=O) groups excluding carboxylic acids is 1. The second kappa shape index (κ2) is 7.05. The van der Waals surface area contributed by atoms with Gasteiger partial charge in [-0.15, -0.1) is 0 Å². The Morgan fingerprint density at radius 2 is 1.66 bits per heavy atom. The summed E-state index contributed by atoms with van der Waals surface area (Å²) in [7, 11) is 0. The maximum Gasteiger partial charge on any atom is 0.256 e. The average Bonchev–Trinajstić information content (AvgIpc) is 3.01. The van der Waals surface area contributed by atoms with Gasteiger partial charge in [-0.2, -0.15) is 5.10 Å². The number of amides is 1. The molecule has 2 aromatic heterocycles. The lowest BCUT2D eigenvalue weighted by Crippen LogP contribution is -2.14. The van der Waals surface area contributed by atoms with Crippen LogP contribution in [0.2, 0.25) is 0 Å². The van der Waals surface area contributed by atoms with Crippen molar-refractivity contribution in [3.63, 3.8) is 0 Å². The van der Waals surface area contributed by atoms with Gasteiger partial charge in [-0.25, -0.2) is 22.8 Å². The summed E-state index contributed by atoms with van der Waals surface area (Å²) in [5.41, 5.74) is 1.99. The largest absolute Gasteiger partial charge is 0.319 e. The number of rotatable bonds is 3. The van der Waals surface area contributed by atoms with E-state index in [1.54, 1.807) is 32.0 Å². The molecule has 2 aromatic carbocycles. The first kappa shape index (κ1) is 18.7. The van der Waals surface area contributed by atoms with Crippen molar-refractivity contribution in [2.45, 2.75) is 13.8 Å². The third kappa shape index (κ3) is 3.44. The van der Waals surface area contributed by atoms with Gasteiger partial charge in [0.1, 0.15) is 17.5 Å². The Balaban J connectivity index is 1.84. The minimum atomic E-state index is -0.750. The Morgan fingerprint density at radius 1 is 0.966 bits per heavy atom. The predicted octanol–water partition coefficient (Wildman–Crippen LogP) is 4.71. The molecule has 0 saturated heterocycles. The molecule has 0 spiro atoms. The molecule has 1 amide bonds. The van der Waals surface area contributed by atoms with Gasteiger partial charge in [-0.3, -0.25) is 4.79 Å². The molecule has 0 atom stereocenters. The molecule has 29 heavy (non-hydrogen) atoms. The number of pyridine rings is 1. The predicted molar refractivity (Wildman–Crippen MR) is 103 cm³/mol. The van der Waals surface area contributed by atoms with Crippen LogP contribution in [0.1, 0.15) is 21.7 Å². The van der Waals surface area contributed by atoms with E-state index in [-0.39, 0.29) is 17.1 Å². The van der Waals surface area contributed by atoms with Crippen molar-refractivity contribution in [3.8, 4) is 5.69 Å². The number of benzene rings is 2. The Labute approximate surface area is 163 Å². The first-order chi connectivity index (χ1) is 13.8. The van der Waals surface area contributed by atoms with Crippen LogP contribution in [0.3, 0.4) is 0 Å². The van der Waals surface area contributed by atoms with E-state index in [2.05, 4.69) is 15.4 Å². The highest BCUT2D eigenvalue weighted by atomic mass is 19.1. The lowest BCUT2D eigenvalue weighted by Gasteiger charge is -2.09. The molecular formula is C21H15F3N4O. The van der Waals surface area contributed by atoms with E-state index in [9.17, 15) is 18.0 Å². The second-order valence-electron chi connectivity index (χ2n) is 6.56. The van der Waals surface area contributed by atoms with Gasteiger partial charge in [0.2, 0.25) is 0 Å². The van der Waals surface area contributed by atoms with Crippen molar-refractivity contribution in [3.05, 3.63) is 82.9 Å². The Morgan fingerprint density at radius 3 is 2.38 bits per heavy atom. The molecule has 8 heteroatoms. The van der Waals surface area contributed by atoms with Crippen molar-refractivity contribution in [1.29, 1.82) is 0 Å². The summed E-state index contributed by atoms with van der Waals surface area (Å²) in [5.74, 6) is -2.42. The van der Waals surface area contributed by atoms with Gasteiger partial charge in [0.25, 0.3) is 5.91 Å². The van der Waals surface area contributed by atoms with Crippen LogP contribution in [0.4, 0.5) is 18.9 Å². The van der Waals surface area contributed by atoms with Gasteiger partial charge in [-0.05, 0) is 56.3 Å². The summed E-state index contributed by atoms with van der Waals surface area (Å²) in [4.78, 5) is 17.3. The zero-order valence-corrected chi connectivity index (χ0v) is 15.5. The molecule has 0 radical (unpaired) electrons. The Kier molecular flexibility index (Phi) is 4.54. The van der Waals surface area contributed by atoms with Crippen LogP contribution < -0.4 is 5.32 Å². The smallest absolute Gasteiger partial charge is 0.256 e. The monoisotopic (exact) mass is 396 g/mol. The quantitative estimate of drug-likeness (QED) is 0.546. The van der Waals surface area contributed by atoms with Crippen molar-refractivity contribution in [2.24, 2.45) is 0 Å². The number of hydrogen-bond donors (Lipinski definition) is 1. The summed E-state index contributed by atoms with van der Waals surface area (Å²) in [6.45, 7) is 3.41. The fraction of sp³-hybridized carbons (Fsp3) is 0.0952. The SMILES string of the molecule is Cc1cc(C(=O)Nc2cc(F)ccc2F)c2c(C)nn(-c3ccc(F)cc3)c2n1. The molecule has 0 unspecified atom stereocenters. The molecule has 0 aliphatic carbocycles. The average molecular weight is 396 g/mol. The minimum Gasteiger partial charge on any atom is -0.319 e. The van der Waals surface area contributed by atoms with Gasteiger partial charge in [0.15, 0.2) is 5.65 Å². The molecule has 5 nitrogen and oxygen atoms in total. The van der Waals surface area contributed by atoms with Crippen molar-refractivity contribution >= 4 is 22.6 Å². The standard InChI is InChI=1S/C21H15F3N4O/c1-11-9-16(21(29)26-18-10-14(23)5-8-17(18)24)19-12(2)27-28(20(19)25-11)15-6-3-13(22)4-7-15/h3-10H,1-2H3,(H,26,29). The lowest BCUT2D eigenvalue weighted by molar-refractivity contribution is 0.102. The number of aromatic nitrogens is 3. The number of fused-ring (bicyclic) bond motifs is 1. The van der Waals surface area contributed by atoms with E-state index in [4.69, 9.17) is 0 Å². The van der Waals surface area contributed by atoms with Crippen LogP contribution in [-0.4, -0.2) is 20.7 Å². The molecule has 0 bridgehead atoms. The highest BCUT2D eigenvalue weighted by molar-refractivity contribution is 6.12. The van der Waals surface area contributed by atoms with Crippen LogP contribution in [0.5, 0.6) is 0 Å².